The number of thiocarbonyl (C=S) groups is 1. The van der Waals surface area contributed by atoms with Gasteiger partial charge in [-0.2, -0.15) is 0 Å². The van der Waals surface area contributed by atoms with Crippen LogP contribution in [-0.4, -0.2) is 38.2 Å². The van der Waals surface area contributed by atoms with Crippen LogP contribution in [-0.2, 0) is 21.0 Å². The fourth-order valence-corrected chi connectivity index (χ4v) is 4.29. The second-order valence-electron chi connectivity index (χ2n) is 6.89. The van der Waals surface area contributed by atoms with E-state index >= 15 is 0 Å². The Morgan fingerprint density at radius 3 is 2.55 bits per heavy atom. The molecule has 3 N–H and O–H groups in total. The van der Waals surface area contributed by atoms with Crippen LogP contribution in [0.25, 0.3) is 6.08 Å². The summed E-state index contributed by atoms with van der Waals surface area (Å²) in [4.78, 5) is 36.8. The highest BCUT2D eigenvalue weighted by Crippen LogP contribution is 2.36. The van der Waals surface area contributed by atoms with E-state index in [1.165, 1.54) is 0 Å². The number of carboxylic acid groups (broad SMARTS) is 1. The van der Waals surface area contributed by atoms with Crippen molar-refractivity contribution in [2.45, 2.75) is 26.0 Å². The van der Waals surface area contributed by atoms with Crippen LogP contribution in [0.1, 0.15) is 23.1 Å². The standard InChI is InChI=1S/C22H20N2O5S2/c1-13-6-8-14(9-7-13)12-29-17-5-3-2-4-15(17)10-18-20(26)24(22(30)31-18)16(21(27)28)11-19(23)25/h2-10,16H,11-12H2,1H3,(H2,23,25)(H,27,28)/b18-10-. The van der Waals surface area contributed by atoms with Gasteiger partial charge in [0.25, 0.3) is 5.91 Å². The van der Waals surface area contributed by atoms with Gasteiger partial charge in [0, 0.05) is 5.56 Å². The number of hydrogen-bond donors (Lipinski definition) is 2. The van der Waals surface area contributed by atoms with Gasteiger partial charge in [0.15, 0.2) is 0 Å². The third-order valence-electron chi connectivity index (χ3n) is 4.54. The van der Waals surface area contributed by atoms with Gasteiger partial charge in [-0.25, -0.2) is 4.79 Å². The third kappa shape index (κ3) is 5.50. The van der Waals surface area contributed by atoms with Crippen molar-refractivity contribution in [1.29, 1.82) is 0 Å². The molecule has 0 radical (unpaired) electrons. The number of amides is 2. The first-order valence-corrected chi connectivity index (χ1v) is 10.5. The Kier molecular flexibility index (Phi) is 7.09. The molecule has 31 heavy (non-hydrogen) atoms. The van der Waals surface area contributed by atoms with E-state index in [9.17, 15) is 19.5 Å². The van der Waals surface area contributed by atoms with Gasteiger partial charge < -0.3 is 15.6 Å². The summed E-state index contributed by atoms with van der Waals surface area (Å²) in [5.74, 6) is -2.20. The number of carboxylic acids is 1. The minimum absolute atomic E-state index is 0.0583. The summed E-state index contributed by atoms with van der Waals surface area (Å²) in [7, 11) is 0. The number of aliphatic carboxylic acids is 1. The number of ether oxygens (including phenoxy) is 1. The number of rotatable bonds is 8. The summed E-state index contributed by atoms with van der Waals surface area (Å²) >= 11 is 6.17. The monoisotopic (exact) mass is 456 g/mol. The number of nitrogens with two attached hydrogens (primary N) is 1. The van der Waals surface area contributed by atoms with Crippen molar-refractivity contribution in [2.75, 3.05) is 0 Å². The first-order chi connectivity index (χ1) is 14.8. The van der Waals surface area contributed by atoms with E-state index in [-0.39, 0.29) is 9.23 Å². The summed E-state index contributed by atoms with van der Waals surface area (Å²) < 4.78 is 5.99. The van der Waals surface area contributed by atoms with Crippen molar-refractivity contribution in [2.24, 2.45) is 5.73 Å². The Hall–Kier alpha value is -3.17. The van der Waals surface area contributed by atoms with E-state index in [0.717, 1.165) is 27.8 Å². The Labute approximate surface area is 188 Å². The van der Waals surface area contributed by atoms with Gasteiger partial charge in [0.05, 0.1) is 11.3 Å². The molecule has 3 rings (SSSR count). The maximum absolute atomic E-state index is 12.9. The molecule has 1 aliphatic heterocycles. The number of thioether (sulfide) groups is 1. The molecule has 0 saturated carbocycles. The molecule has 0 aromatic heterocycles. The molecular weight excluding hydrogens is 436 g/mol. The highest BCUT2D eigenvalue weighted by Gasteiger charge is 2.41. The largest absolute Gasteiger partial charge is 0.488 e. The zero-order valence-corrected chi connectivity index (χ0v) is 18.2. The number of primary amides is 1. The third-order valence-corrected chi connectivity index (χ3v) is 5.87. The van der Waals surface area contributed by atoms with E-state index in [2.05, 4.69) is 0 Å². The molecule has 2 aromatic rings. The summed E-state index contributed by atoms with van der Waals surface area (Å²) in [5.41, 5.74) is 7.94. The molecule has 9 heteroatoms. The minimum atomic E-state index is -1.44. The molecular formula is C22H20N2O5S2. The Balaban J connectivity index is 1.82. The second kappa shape index (κ2) is 9.76. The van der Waals surface area contributed by atoms with Crippen molar-refractivity contribution in [1.82, 2.24) is 4.90 Å². The number of carbonyl (C=O) groups excluding carboxylic acids is 2. The molecule has 0 spiro atoms. The fraction of sp³-hybridized carbons (Fsp3) is 0.182. The molecule has 1 fully saturated rings. The normalized spacial score (nSPS) is 15.9. The molecule has 7 nitrogen and oxygen atoms in total. The quantitative estimate of drug-likeness (QED) is 0.464. The average Bonchev–Trinajstić information content (AvgIpc) is 2.99. The van der Waals surface area contributed by atoms with Crippen molar-refractivity contribution in [3.63, 3.8) is 0 Å². The maximum atomic E-state index is 12.9. The smallest absolute Gasteiger partial charge is 0.327 e. The molecule has 1 saturated heterocycles. The van der Waals surface area contributed by atoms with Crippen LogP contribution in [0, 0.1) is 6.92 Å². The number of carbonyl (C=O) groups is 3. The van der Waals surface area contributed by atoms with Crippen LogP contribution in [0.15, 0.2) is 53.4 Å². The van der Waals surface area contributed by atoms with Crippen LogP contribution in [0.3, 0.4) is 0 Å². The molecule has 0 aliphatic carbocycles. The zero-order valence-electron chi connectivity index (χ0n) is 16.6. The highest BCUT2D eigenvalue weighted by atomic mass is 32.2. The van der Waals surface area contributed by atoms with Gasteiger partial charge >= 0.3 is 5.97 Å². The van der Waals surface area contributed by atoms with Gasteiger partial charge in [-0.3, -0.25) is 14.5 Å². The van der Waals surface area contributed by atoms with Gasteiger partial charge in [-0.1, -0.05) is 72.0 Å². The van der Waals surface area contributed by atoms with Gasteiger partial charge in [0.1, 0.15) is 22.7 Å². The van der Waals surface area contributed by atoms with E-state index in [1.807, 2.05) is 37.3 Å². The molecule has 1 aliphatic rings. The second-order valence-corrected chi connectivity index (χ2v) is 8.56. The zero-order chi connectivity index (χ0) is 22.5. The lowest BCUT2D eigenvalue weighted by molar-refractivity contribution is -0.146. The van der Waals surface area contributed by atoms with Crippen LogP contribution in [0.4, 0.5) is 0 Å². The lowest BCUT2D eigenvalue weighted by atomic mass is 10.1. The highest BCUT2D eigenvalue weighted by molar-refractivity contribution is 8.26. The average molecular weight is 457 g/mol. The van der Waals surface area contributed by atoms with Crippen molar-refractivity contribution in [3.05, 3.63) is 70.1 Å². The molecule has 1 heterocycles. The SMILES string of the molecule is Cc1ccc(COc2ccccc2/C=C2\SC(=S)N(C(CC(N)=O)C(=O)O)C2=O)cc1. The Morgan fingerprint density at radius 2 is 1.90 bits per heavy atom. The number of aryl methyl sites for hydroxylation is 1. The Morgan fingerprint density at radius 1 is 1.23 bits per heavy atom. The summed E-state index contributed by atoms with van der Waals surface area (Å²) in [6.45, 7) is 2.36. The predicted molar refractivity (Wildman–Crippen MR) is 122 cm³/mol. The van der Waals surface area contributed by atoms with Crippen molar-refractivity contribution < 1.29 is 24.2 Å². The fourth-order valence-electron chi connectivity index (χ4n) is 2.95. The molecule has 1 atom stereocenters. The first kappa shape index (κ1) is 22.5. The van der Waals surface area contributed by atoms with E-state index < -0.39 is 30.2 Å². The summed E-state index contributed by atoms with van der Waals surface area (Å²) in [6, 6.07) is 13.7. The van der Waals surface area contributed by atoms with Crippen LogP contribution >= 0.6 is 24.0 Å². The summed E-state index contributed by atoms with van der Waals surface area (Å²) in [5, 5.41) is 9.42. The van der Waals surface area contributed by atoms with E-state index in [4.69, 9.17) is 22.7 Å². The molecule has 2 amide bonds. The van der Waals surface area contributed by atoms with E-state index in [0.29, 0.717) is 17.9 Å². The number of hydrogen-bond acceptors (Lipinski definition) is 6. The summed E-state index contributed by atoms with van der Waals surface area (Å²) in [6.07, 6.45) is 1.08. The Bertz CT molecular complexity index is 1070. The number of benzene rings is 2. The first-order valence-electron chi connectivity index (χ1n) is 9.32. The minimum Gasteiger partial charge on any atom is -0.488 e. The van der Waals surface area contributed by atoms with Gasteiger partial charge in [-0.15, -0.1) is 0 Å². The lowest BCUT2D eigenvalue weighted by Gasteiger charge is -2.21. The van der Waals surface area contributed by atoms with Gasteiger partial charge in [0.2, 0.25) is 5.91 Å². The lowest BCUT2D eigenvalue weighted by Crippen LogP contribution is -2.46. The van der Waals surface area contributed by atoms with Crippen LogP contribution in [0.2, 0.25) is 0 Å². The molecule has 1 unspecified atom stereocenters. The number of nitrogens with zero attached hydrogens (tertiary/aromatic N) is 1. The predicted octanol–water partition coefficient (Wildman–Crippen LogP) is 3.10. The molecule has 160 valence electrons. The number of para-hydroxylation sites is 1. The maximum Gasteiger partial charge on any atom is 0.327 e. The van der Waals surface area contributed by atoms with Crippen molar-refractivity contribution >= 4 is 52.2 Å². The van der Waals surface area contributed by atoms with Crippen molar-refractivity contribution in [3.8, 4) is 5.75 Å². The molecule has 2 aromatic carbocycles. The van der Waals surface area contributed by atoms with Crippen LogP contribution < -0.4 is 10.5 Å². The molecule has 0 bridgehead atoms. The van der Waals surface area contributed by atoms with Crippen LogP contribution in [0.5, 0.6) is 5.75 Å². The van der Waals surface area contributed by atoms with E-state index in [1.54, 1.807) is 24.3 Å². The topological polar surface area (TPSA) is 110 Å². The van der Waals surface area contributed by atoms with Gasteiger partial charge in [-0.05, 0) is 24.6 Å².